The number of nitro benzene ring substituents is 1. The summed E-state index contributed by atoms with van der Waals surface area (Å²) < 4.78 is 6.39. The molecular formula is C17H21NO3. The van der Waals surface area contributed by atoms with Gasteiger partial charge >= 0.3 is 0 Å². The fourth-order valence-electron chi connectivity index (χ4n) is 3.59. The first kappa shape index (κ1) is 14.3. The zero-order valence-electron chi connectivity index (χ0n) is 12.7. The van der Waals surface area contributed by atoms with E-state index in [9.17, 15) is 10.1 Å². The molecule has 21 heavy (non-hydrogen) atoms. The summed E-state index contributed by atoms with van der Waals surface area (Å²) in [5.74, 6) is 0.943. The predicted octanol–water partition coefficient (Wildman–Crippen LogP) is 4.42. The maximum atomic E-state index is 10.8. The third-order valence-corrected chi connectivity index (χ3v) is 5.06. The van der Waals surface area contributed by atoms with E-state index in [-0.39, 0.29) is 22.3 Å². The van der Waals surface area contributed by atoms with Crippen LogP contribution in [0.4, 0.5) is 5.69 Å². The summed E-state index contributed by atoms with van der Waals surface area (Å²) in [5.41, 5.74) is 2.39. The molecular weight excluding hydrogens is 266 g/mol. The molecule has 2 aliphatic rings. The molecule has 1 aromatic carbocycles. The Kier molecular flexibility index (Phi) is 3.36. The Morgan fingerprint density at radius 1 is 1.29 bits per heavy atom. The first-order valence-electron chi connectivity index (χ1n) is 7.47. The first-order valence-corrected chi connectivity index (χ1v) is 7.47. The number of nitro groups is 1. The third kappa shape index (κ3) is 2.48. The highest BCUT2D eigenvalue weighted by Gasteiger charge is 2.45. The zero-order valence-corrected chi connectivity index (χ0v) is 12.7. The van der Waals surface area contributed by atoms with Crippen LogP contribution in [-0.4, -0.2) is 10.5 Å². The molecule has 4 heteroatoms. The van der Waals surface area contributed by atoms with Gasteiger partial charge in [0.05, 0.1) is 16.6 Å². The molecule has 0 amide bonds. The van der Waals surface area contributed by atoms with Gasteiger partial charge in [0.25, 0.3) is 5.69 Å². The van der Waals surface area contributed by atoms with Gasteiger partial charge in [-0.2, -0.15) is 0 Å². The summed E-state index contributed by atoms with van der Waals surface area (Å²) in [4.78, 5) is 10.4. The molecule has 3 atom stereocenters. The van der Waals surface area contributed by atoms with Crippen LogP contribution in [0.5, 0.6) is 0 Å². The molecule has 1 fully saturated rings. The number of hydrogen-bond acceptors (Lipinski definition) is 3. The number of allylic oxidation sites excluding steroid dienone is 1. The van der Waals surface area contributed by atoms with E-state index in [0.717, 1.165) is 18.4 Å². The van der Waals surface area contributed by atoms with Gasteiger partial charge in [-0.3, -0.25) is 10.1 Å². The topological polar surface area (TPSA) is 52.4 Å². The van der Waals surface area contributed by atoms with Crippen LogP contribution in [0.15, 0.2) is 35.9 Å². The molecule has 1 aliphatic heterocycles. The molecule has 1 heterocycles. The second kappa shape index (κ2) is 4.95. The summed E-state index contributed by atoms with van der Waals surface area (Å²) in [6, 6.07) is 6.81. The summed E-state index contributed by atoms with van der Waals surface area (Å²) in [7, 11) is 0. The van der Waals surface area contributed by atoms with Crippen molar-refractivity contribution in [3.05, 3.63) is 51.6 Å². The Bertz CT molecular complexity index is 589. The van der Waals surface area contributed by atoms with E-state index >= 15 is 0 Å². The molecule has 2 bridgehead atoms. The van der Waals surface area contributed by atoms with Crippen molar-refractivity contribution in [1.82, 2.24) is 0 Å². The standard InChI is InChI=1S/C17H21NO3/c1-11-4-7-13-10-15(11)16(21-17(13,2)3)12-5-8-14(9-6-12)18(19)20/h4-6,8-9,13,15-16H,7,10H2,1-3H3/t13-,15-,16+/m1/s1. The van der Waals surface area contributed by atoms with Crippen molar-refractivity contribution in [2.45, 2.75) is 45.3 Å². The lowest BCUT2D eigenvalue weighted by atomic mass is 9.69. The van der Waals surface area contributed by atoms with Crippen LogP contribution in [0, 0.1) is 22.0 Å². The van der Waals surface area contributed by atoms with Gasteiger partial charge in [0.1, 0.15) is 0 Å². The first-order chi connectivity index (χ1) is 9.88. The molecule has 0 aromatic heterocycles. The van der Waals surface area contributed by atoms with Crippen molar-refractivity contribution in [3.63, 3.8) is 0 Å². The van der Waals surface area contributed by atoms with Crippen molar-refractivity contribution in [2.75, 3.05) is 0 Å². The molecule has 0 spiro atoms. The Morgan fingerprint density at radius 2 is 1.95 bits per heavy atom. The Labute approximate surface area is 125 Å². The maximum Gasteiger partial charge on any atom is 0.269 e. The second-order valence-electron chi connectivity index (χ2n) is 6.71. The summed E-state index contributed by atoms with van der Waals surface area (Å²) in [6.07, 6.45) is 4.55. The van der Waals surface area contributed by atoms with E-state index in [1.54, 1.807) is 12.1 Å². The Balaban J connectivity index is 1.94. The van der Waals surface area contributed by atoms with E-state index in [4.69, 9.17) is 4.74 Å². The molecule has 0 N–H and O–H groups in total. The SMILES string of the molecule is CC1=CC[C@@H]2C[C@H]1[C@H](c1ccc([N+](=O)[O-])cc1)OC2(C)C. The van der Waals surface area contributed by atoms with Crippen LogP contribution in [-0.2, 0) is 4.74 Å². The summed E-state index contributed by atoms with van der Waals surface area (Å²) in [6.45, 7) is 6.47. The number of hydrogen-bond donors (Lipinski definition) is 0. The number of nitrogens with zero attached hydrogens (tertiary/aromatic N) is 1. The van der Waals surface area contributed by atoms with Crippen molar-refractivity contribution in [2.24, 2.45) is 11.8 Å². The Morgan fingerprint density at radius 3 is 2.57 bits per heavy atom. The number of fused-ring (bicyclic) bond motifs is 2. The molecule has 1 aromatic rings. The molecule has 4 nitrogen and oxygen atoms in total. The van der Waals surface area contributed by atoms with Gasteiger partial charge in [-0.15, -0.1) is 0 Å². The number of ether oxygens (including phenoxy) is 1. The van der Waals surface area contributed by atoms with Gasteiger partial charge in [-0.25, -0.2) is 0 Å². The fraction of sp³-hybridized carbons (Fsp3) is 0.529. The normalized spacial score (nSPS) is 30.6. The highest BCUT2D eigenvalue weighted by atomic mass is 16.6. The minimum atomic E-state index is -0.364. The highest BCUT2D eigenvalue weighted by molar-refractivity contribution is 5.35. The largest absolute Gasteiger partial charge is 0.367 e. The lowest BCUT2D eigenvalue weighted by Crippen LogP contribution is -2.45. The van der Waals surface area contributed by atoms with Crippen LogP contribution in [0.25, 0.3) is 0 Å². The van der Waals surface area contributed by atoms with Crippen molar-refractivity contribution >= 4 is 5.69 Å². The summed E-state index contributed by atoms with van der Waals surface area (Å²) >= 11 is 0. The molecule has 3 rings (SSSR count). The van der Waals surface area contributed by atoms with Gasteiger partial charge in [0.2, 0.25) is 0 Å². The Hall–Kier alpha value is -1.68. The van der Waals surface area contributed by atoms with Gasteiger partial charge in [0.15, 0.2) is 0 Å². The minimum absolute atomic E-state index is 0.00592. The molecule has 0 unspecified atom stereocenters. The highest BCUT2D eigenvalue weighted by Crippen LogP contribution is 2.50. The lowest BCUT2D eigenvalue weighted by Gasteiger charge is -2.49. The molecule has 0 saturated carbocycles. The average Bonchev–Trinajstić information content (AvgIpc) is 2.45. The fourth-order valence-corrected chi connectivity index (χ4v) is 3.59. The van der Waals surface area contributed by atoms with Gasteiger partial charge in [0, 0.05) is 18.1 Å². The minimum Gasteiger partial charge on any atom is -0.367 e. The number of rotatable bonds is 2. The lowest BCUT2D eigenvalue weighted by molar-refractivity contribution is -0.384. The van der Waals surface area contributed by atoms with Crippen molar-refractivity contribution < 1.29 is 9.66 Å². The number of non-ortho nitro benzene ring substituents is 1. The van der Waals surface area contributed by atoms with E-state index < -0.39 is 0 Å². The average molecular weight is 287 g/mol. The van der Waals surface area contributed by atoms with Crippen LogP contribution in [0.1, 0.15) is 45.3 Å². The van der Waals surface area contributed by atoms with Crippen LogP contribution < -0.4 is 0 Å². The van der Waals surface area contributed by atoms with Crippen molar-refractivity contribution in [3.8, 4) is 0 Å². The maximum absolute atomic E-state index is 10.8. The van der Waals surface area contributed by atoms with E-state index in [0.29, 0.717) is 11.8 Å². The molecule has 1 saturated heterocycles. The van der Waals surface area contributed by atoms with E-state index in [1.165, 1.54) is 5.57 Å². The number of benzene rings is 1. The smallest absolute Gasteiger partial charge is 0.269 e. The summed E-state index contributed by atoms with van der Waals surface area (Å²) in [5, 5.41) is 10.8. The van der Waals surface area contributed by atoms with Crippen molar-refractivity contribution in [1.29, 1.82) is 0 Å². The van der Waals surface area contributed by atoms with E-state index in [1.807, 2.05) is 12.1 Å². The molecule has 1 aliphatic carbocycles. The quantitative estimate of drug-likeness (QED) is 0.459. The third-order valence-electron chi connectivity index (χ3n) is 5.06. The monoisotopic (exact) mass is 287 g/mol. The van der Waals surface area contributed by atoms with Crippen LogP contribution in [0.3, 0.4) is 0 Å². The zero-order chi connectivity index (χ0) is 15.2. The van der Waals surface area contributed by atoms with Gasteiger partial charge in [-0.1, -0.05) is 11.6 Å². The van der Waals surface area contributed by atoms with Crippen LogP contribution >= 0.6 is 0 Å². The van der Waals surface area contributed by atoms with E-state index in [2.05, 4.69) is 26.8 Å². The van der Waals surface area contributed by atoms with Crippen LogP contribution in [0.2, 0.25) is 0 Å². The molecule has 112 valence electrons. The van der Waals surface area contributed by atoms with Gasteiger partial charge in [-0.05, 0) is 57.2 Å². The predicted molar refractivity (Wildman–Crippen MR) is 81.0 cm³/mol. The second-order valence-corrected chi connectivity index (χ2v) is 6.71. The van der Waals surface area contributed by atoms with Gasteiger partial charge < -0.3 is 4.74 Å². The molecule has 0 radical (unpaired) electrons.